The molecule has 0 aliphatic carbocycles. The molecule has 1 aromatic rings. The van der Waals surface area contributed by atoms with E-state index in [9.17, 15) is 0 Å². The summed E-state index contributed by atoms with van der Waals surface area (Å²) in [6.07, 6.45) is 11.5. The average molecular weight is 277 g/mol. The molecule has 0 saturated heterocycles. The number of nitrogens with two attached hydrogens (primary N) is 1. The molecule has 1 atom stereocenters. The Morgan fingerprint density at radius 3 is 2.60 bits per heavy atom. The Hall–Kier alpha value is -0.930. The van der Waals surface area contributed by atoms with Gasteiger partial charge in [-0.1, -0.05) is 45.1 Å². The van der Waals surface area contributed by atoms with Crippen LogP contribution in [-0.2, 0) is 6.54 Å². The smallest absolute Gasteiger partial charge is 0.0312 e. The maximum absolute atomic E-state index is 6.05. The molecule has 3 nitrogen and oxygen atoms in total. The second-order valence-corrected chi connectivity index (χ2v) is 6.08. The highest BCUT2D eigenvalue weighted by molar-refractivity contribution is 5.09. The summed E-state index contributed by atoms with van der Waals surface area (Å²) in [5, 5.41) is 0. The minimum atomic E-state index is 0.0854. The highest BCUT2D eigenvalue weighted by Gasteiger charge is 2.27. The zero-order valence-electron chi connectivity index (χ0n) is 13.4. The van der Waals surface area contributed by atoms with Gasteiger partial charge in [0.1, 0.15) is 0 Å². The van der Waals surface area contributed by atoms with Crippen LogP contribution in [0.25, 0.3) is 0 Å². The van der Waals surface area contributed by atoms with Crippen molar-refractivity contribution in [1.29, 1.82) is 0 Å². The lowest BCUT2D eigenvalue weighted by Crippen LogP contribution is -2.49. The number of likely N-dealkylation sites (N-methyl/N-ethyl adjacent to an activating group) is 1. The van der Waals surface area contributed by atoms with Crippen molar-refractivity contribution in [3.05, 3.63) is 30.1 Å². The molecule has 0 aliphatic rings. The van der Waals surface area contributed by atoms with E-state index in [1.807, 2.05) is 18.5 Å². The summed E-state index contributed by atoms with van der Waals surface area (Å²) >= 11 is 0. The SMILES string of the molecule is CCCCCCCC(C)(CN)N(C)Cc1cccnc1. The Balaban J connectivity index is 2.45. The zero-order chi connectivity index (χ0) is 14.8. The van der Waals surface area contributed by atoms with Gasteiger partial charge in [0.2, 0.25) is 0 Å². The first-order valence-corrected chi connectivity index (χ1v) is 7.92. The Bertz CT molecular complexity index is 353. The van der Waals surface area contributed by atoms with Crippen molar-refractivity contribution in [2.75, 3.05) is 13.6 Å². The molecule has 1 heterocycles. The molecule has 1 aromatic heterocycles. The van der Waals surface area contributed by atoms with E-state index in [1.54, 1.807) is 0 Å². The van der Waals surface area contributed by atoms with Gasteiger partial charge in [0.05, 0.1) is 0 Å². The fourth-order valence-electron chi connectivity index (χ4n) is 2.51. The van der Waals surface area contributed by atoms with Gasteiger partial charge in [0.15, 0.2) is 0 Å². The van der Waals surface area contributed by atoms with E-state index in [4.69, 9.17) is 5.73 Å². The lowest BCUT2D eigenvalue weighted by molar-refractivity contribution is 0.122. The number of pyridine rings is 1. The van der Waals surface area contributed by atoms with Crippen molar-refractivity contribution in [1.82, 2.24) is 9.88 Å². The van der Waals surface area contributed by atoms with Gasteiger partial charge in [0, 0.05) is 31.0 Å². The number of unbranched alkanes of at least 4 members (excludes halogenated alkanes) is 4. The third-order valence-electron chi connectivity index (χ3n) is 4.32. The molecule has 0 radical (unpaired) electrons. The minimum Gasteiger partial charge on any atom is -0.329 e. The van der Waals surface area contributed by atoms with E-state index in [0.717, 1.165) is 6.54 Å². The van der Waals surface area contributed by atoms with Gasteiger partial charge in [-0.3, -0.25) is 9.88 Å². The van der Waals surface area contributed by atoms with Crippen LogP contribution >= 0.6 is 0 Å². The van der Waals surface area contributed by atoms with Gasteiger partial charge in [-0.2, -0.15) is 0 Å². The Kier molecular flexibility index (Phi) is 7.78. The summed E-state index contributed by atoms with van der Waals surface area (Å²) < 4.78 is 0. The Labute approximate surface area is 124 Å². The van der Waals surface area contributed by atoms with Crippen LogP contribution in [0.2, 0.25) is 0 Å². The summed E-state index contributed by atoms with van der Waals surface area (Å²) in [5.41, 5.74) is 7.38. The van der Waals surface area contributed by atoms with Gasteiger partial charge in [-0.25, -0.2) is 0 Å². The number of rotatable bonds is 10. The van der Waals surface area contributed by atoms with E-state index in [-0.39, 0.29) is 5.54 Å². The second-order valence-electron chi connectivity index (χ2n) is 6.08. The van der Waals surface area contributed by atoms with Gasteiger partial charge in [0.25, 0.3) is 0 Å². The van der Waals surface area contributed by atoms with E-state index in [0.29, 0.717) is 6.54 Å². The fourth-order valence-corrected chi connectivity index (χ4v) is 2.51. The molecule has 2 N–H and O–H groups in total. The third kappa shape index (κ3) is 5.59. The highest BCUT2D eigenvalue weighted by Crippen LogP contribution is 2.22. The molecule has 0 aliphatic heterocycles. The van der Waals surface area contributed by atoms with Crippen LogP contribution in [0.5, 0.6) is 0 Å². The van der Waals surface area contributed by atoms with Crippen LogP contribution < -0.4 is 5.73 Å². The predicted octanol–water partition coefficient (Wildman–Crippen LogP) is 3.59. The van der Waals surface area contributed by atoms with Gasteiger partial charge in [-0.05, 0) is 32.0 Å². The third-order valence-corrected chi connectivity index (χ3v) is 4.32. The number of hydrogen-bond donors (Lipinski definition) is 1. The first kappa shape index (κ1) is 17.1. The fraction of sp³-hybridized carbons (Fsp3) is 0.706. The number of aromatic nitrogens is 1. The topological polar surface area (TPSA) is 42.1 Å². The molecule has 0 bridgehead atoms. The second kappa shape index (κ2) is 9.09. The first-order chi connectivity index (χ1) is 9.62. The minimum absolute atomic E-state index is 0.0854. The molecular weight excluding hydrogens is 246 g/mol. The van der Waals surface area contributed by atoms with Crippen molar-refractivity contribution in [2.45, 2.75) is 64.5 Å². The van der Waals surface area contributed by atoms with E-state index in [2.05, 4.69) is 36.8 Å². The lowest BCUT2D eigenvalue weighted by Gasteiger charge is -2.38. The molecule has 1 unspecified atom stereocenters. The molecule has 0 aromatic carbocycles. The van der Waals surface area contributed by atoms with Crippen molar-refractivity contribution >= 4 is 0 Å². The van der Waals surface area contributed by atoms with Crippen molar-refractivity contribution in [3.63, 3.8) is 0 Å². The molecule has 0 spiro atoms. The van der Waals surface area contributed by atoms with Gasteiger partial charge in [-0.15, -0.1) is 0 Å². The molecule has 20 heavy (non-hydrogen) atoms. The van der Waals surface area contributed by atoms with Crippen molar-refractivity contribution < 1.29 is 0 Å². The molecule has 3 heteroatoms. The molecule has 114 valence electrons. The predicted molar refractivity (Wildman–Crippen MR) is 86.5 cm³/mol. The van der Waals surface area contributed by atoms with E-state index >= 15 is 0 Å². The normalized spacial score (nSPS) is 14.4. The monoisotopic (exact) mass is 277 g/mol. The molecular formula is C17H31N3. The number of hydrogen-bond acceptors (Lipinski definition) is 3. The Morgan fingerprint density at radius 2 is 2.00 bits per heavy atom. The zero-order valence-corrected chi connectivity index (χ0v) is 13.4. The van der Waals surface area contributed by atoms with E-state index in [1.165, 1.54) is 44.1 Å². The summed E-state index contributed by atoms with van der Waals surface area (Å²) in [6, 6.07) is 4.12. The van der Waals surface area contributed by atoms with Crippen molar-refractivity contribution in [2.24, 2.45) is 5.73 Å². The van der Waals surface area contributed by atoms with Gasteiger partial charge >= 0.3 is 0 Å². The number of nitrogens with zero attached hydrogens (tertiary/aromatic N) is 2. The van der Waals surface area contributed by atoms with Crippen LogP contribution in [0.3, 0.4) is 0 Å². The maximum atomic E-state index is 6.05. The van der Waals surface area contributed by atoms with Gasteiger partial charge < -0.3 is 5.73 Å². The molecule has 1 rings (SSSR count). The average Bonchev–Trinajstić information content (AvgIpc) is 2.47. The standard InChI is InChI=1S/C17H31N3/c1-4-5-6-7-8-11-17(2,15-18)20(3)14-16-10-9-12-19-13-16/h9-10,12-13H,4-8,11,14-15,18H2,1-3H3. The van der Waals surface area contributed by atoms with Crippen LogP contribution in [0.15, 0.2) is 24.5 Å². The van der Waals surface area contributed by atoms with Crippen LogP contribution in [0.4, 0.5) is 0 Å². The molecule has 0 saturated carbocycles. The lowest BCUT2D eigenvalue weighted by atomic mass is 9.92. The molecule has 0 amide bonds. The Morgan fingerprint density at radius 1 is 1.25 bits per heavy atom. The van der Waals surface area contributed by atoms with Crippen LogP contribution in [0.1, 0.15) is 57.9 Å². The summed E-state index contributed by atoms with van der Waals surface area (Å²) in [7, 11) is 2.17. The highest BCUT2D eigenvalue weighted by atomic mass is 15.2. The van der Waals surface area contributed by atoms with E-state index < -0.39 is 0 Å². The van der Waals surface area contributed by atoms with Crippen molar-refractivity contribution in [3.8, 4) is 0 Å². The summed E-state index contributed by atoms with van der Waals surface area (Å²) in [6.45, 7) is 6.16. The maximum Gasteiger partial charge on any atom is 0.0312 e. The summed E-state index contributed by atoms with van der Waals surface area (Å²) in [5.74, 6) is 0. The van der Waals surface area contributed by atoms with Crippen LogP contribution in [-0.4, -0.2) is 29.0 Å². The first-order valence-electron chi connectivity index (χ1n) is 7.92. The quantitative estimate of drug-likeness (QED) is 0.665. The largest absolute Gasteiger partial charge is 0.329 e. The van der Waals surface area contributed by atoms with Crippen LogP contribution in [0, 0.1) is 0 Å². The molecule has 0 fully saturated rings. The summed E-state index contributed by atoms with van der Waals surface area (Å²) in [4.78, 5) is 6.56.